The van der Waals surface area contributed by atoms with Crippen molar-refractivity contribution in [2.45, 2.75) is 50.5 Å². The number of piperidine rings is 1. The molecule has 6 rings (SSSR count). The maximum absolute atomic E-state index is 2.67. The van der Waals surface area contributed by atoms with E-state index in [1.807, 2.05) is 0 Å². The summed E-state index contributed by atoms with van der Waals surface area (Å²) in [6.45, 7) is 3.73. The lowest BCUT2D eigenvalue weighted by atomic mass is 9.63. The fourth-order valence-electron chi connectivity index (χ4n) is 5.27. The molecule has 1 aliphatic heterocycles. The molecule has 1 fully saturated rings. The van der Waals surface area contributed by atoms with Gasteiger partial charge in [0.25, 0.3) is 0 Å². The predicted molar refractivity (Wildman–Crippen MR) is 94.9 cm³/mol. The largest absolute Gasteiger partial charge is 0.299 e. The second kappa shape index (κ2) is 5.49. The minimum absolute atomic E-state index is 0.646. The SMILES string of the molecule is c1ccc2c(c1)C1CCC2c2c(CN3CCCCC3)cccc21. The molecule has 1 saturated heterocycles. The zero-order chi connectivity index (χ0) is 15.2. The van der Waals surface area contributed by atoms with Gasteiger partial charge in [-0.1, -0.05) is 48.9 Å². The summed E-state index contributed by atoms with van der Waals surface area (Å²) in [4.78, 5) is 2.67. The van der Waals surface area contributed by atoms with Crippen LogP contribution in [-0.4, -0.2) is 18.0 Å². The first-order valence-electron chi connectivity index (χ1n) is 9.34. The van der Waals surface area contributed by atoms with E-state index in [1.165, 1.54) is 45.2 Å². The van der Waals surface area contributed by atoms with Crippen LogP contribution in [0.3, 0.4) is 0 Å². The van der Waals surface area contributed by atoms with E-state index in [9.17, 15) is 0 Å². The highest BCUT2D eigenvalue weighted by Crippen LogP contribution is 2.53. The minimum Gasteiger partial charge on any atom is -0.299 e. The molecule has 118 valence electrons. The summed E-state index contributed by atoms with van der Waals surface area (Å²) < 4.78 is 0. The van der Waals surface area contributed by atoms with Crippen molar-refractivity contribution in [3.8, 4) is 0 Å². The average Bonchev–Trinajstić information content (AvgIpc) is 2.63. The monoisotopic (exact) mass is 303 g/mol. The molecule has 0 spiro atoms. The number of rotatable bonds is 2. The van der Waals surface area contributed by atoms with Gasteiger partial charge in [-0.3, -0.25) is 4.90 Å². The van der Waals surface area contributed by atoms with Crippen molar-refractivity contribution in [3.63, 3.8) is 0 Å². The fourth-order valence-corrected chi connectivity index (χ4v) is 5.27. The van der Waals surface area contributed by atoms with Crippen LogP contribution in [-0.2, 0) is 6.54 Å². The summed E-state index contributed by atoms with van der Waals surface area (Å²) in [5, 5.41) is 0. The van der Waals surface area contributed by atoms with Crippen LogP contribution < -0.4 is 0 Å². The van der Waals surface area contributed by atoms with Gasteiger partial charge >= 0.3 is 0 Å². The molecule has 3 aliphatic carbocycles. The Morgan fingerprint density at radius 1 is 0.739 bits per heavy atom. The highest BCUT2D eigenvalue weighted by atomic mass is 15.1. The second-order valence-electron chi connectivity index (χ2n) is 7.57. The van der Waals surface area contributed by atoms with Gasteiger partial charge in [0.15, 0.2) is 0 Å². The van der Waals surface area contributed by atoms with Crippen LogP contribution in [0.15, 0.2) is 42.5 Å². The molecular weight excluding hydrogens is 278 g/mol. The minimum atomic E-state index is 0.646. The molecule has 2 unspecified atom stereocenters. The lowest BCUT2D eigenvalue weighted by Gasteiger charge is -2.42. The summed E-state index contributed by atoms with van der Waals surface area (Å²) in [6, 6.07) is 16.3. The molecule has 2 aromatic carbocycles. The van der Waals surface area contributed by atoms with Gasteiger partial charge in [-0.15, -0.1) is 0 Å². The van der Waals surface area contributed by atoms with Gasteiger partial charge < -0.3 is 0 Å². The highest BCUT2D eigenvalue weighted by Gasteiger charge is 2.38. The third kappa shape index (κ3) is 2.17. The Morgan fingerprint density at radius 3 is 2.26 bits per heavy atom. The number of hydrogen-bond donors (Lipinski definition) is 0. The van der Waals surface area contributed by atoms with Gasteiger partial charge in [-0.05, 0) is 66.6 Å². The Morgan fingerprint density at radius 2 is 1.43 bits per heavy atom. The maximum atomic E-state index is 2.67. The highest BCUT2D eigenvalue weighted by molar-refractivity contribution is 5.57. The van der Waals surface area contributed by atoms with Gasteiger partial charge in [0.05, 0.1) is 0 Å². The third-order valence-corrected chi connectivity index (χ3v) is 6.29. The summed E-state index contributed by atoms with van der Waals surface area (Å²) in [5.74, 6) is 1.29. The fraction of sp³-hybridized carbons (Fsp3) is 0.455. The molecule has 0 N–H and O–H groups in total. The van der Waals surface area contributed by atoms with Crippen molar-refractivity contribution in [3.05, 3.63) is 70.3 Å². The van der Waals surface area contributed by atoms with Crippen LogP contribution in [0.25, 0.3) is 0 Å². The molecule has 1 nitrogen and oxygen atoms in total. The van der Waals surface area contributed by atoms with E-state index in [0.29, 0.717) is 11.8 Å². The molecule has 23 heavy (non-hydrogen) atoms. The van der Waals surface area contributed by atoms with Gasteiger partial charge in [0.2, 0.25) is 0 Å². The number of likely N-dealkylation sites (tertiary alicyclic amines) is 1. The molecular formula is C22H25N. The third-order valence-electron chi connectivity index (χ3n) is 6.29. The average molecular weight is 303 g/mol. The Bertz CT molecular complexity index is 727. The van der Waals surface area contributed by atoms with Gasteiger partial charge in [0.1, 0.15) is 0 Å². The Hall–Kier alpha value is -1.60. The molecule has 1 heteroatoms. The summed E-state index contributed by atoms with van der Waals surface area (Å²) in [5.41, 5.74) is 8.14. The van der Waals surface area contributed by atoms with Crippen LogP contribution in [0.4, 0.5) is 0 Å². The van der Waals surface area contributed by atoms with Crippen LogP contribution >= 0.6 is 0 Å². The second-order valence-corrected chi connectivity index (χ2v) is 7.57. The van der Waals surface area contributed by atoms with Gasteiger partial charge in [-0.25, -0.2) is 0 Å². The number of benzene rings is 2. The summed E-state index contributed by atoms with van der Waals surface area (Å²) >= 11 is 0. The van der Waals surface area contributed by atoms with Crippen molar-refractivity contribution < 1.29 is 0 Å². The van der Waals surface area contributed by atoms with Crippen LogP contribution in [0.1, 0.15) is 71.8 Å². The standard InChI is InChI=1S/C22H25N/c1-4-13-23(14-5-1)15-16-7-6-10-20-19-11-12-21(22(16)20)18-9-3-2-8-17(18)19/h2-3,6-10,19,21H,1,4-5,11-15H2. The maximum Gasteiger partial charge on any atom is 0.0236 e. The summed E-state index contributed by atoms with van der Waals surface area (Å²) in [7, 11) is 0. The van der Waals surface area contributed by atoms with E-state index >= 15 is 0 Å². The zero-order valence-corrected chi connectivity index (χ0v) is 13.8. The van der Waals surface area contributed by atoms with Crippen molar-refractivity contribution in [1.29, 1.82) is 0 Å². The topological polar surface area (TPSA) is 3.24 Å². The normalized spacial score (nSPS) is 25.9. The van der Waals surface area contributed by atoms with E-state index in [4.69, 9.17) is 0 Å². The van der Waals surface area contributed by atoms with Crippen molar-refractivity contribution >= 4 is 0 Å². The number of fused-ring (bicyclic) bond motifs is 1. The molecule has 0 radical (unpaired) electrons. The lowest BCUT2D eigenvalue weighted by Crippen LogP contribution is -2.31. The number of nitrogens with zero attached hydrogens (tertiary/aromatic N) is 1. The molecule has 2 atom stereocenters. The molecule has 0 saturated carbocycles. The van der Waals surface area contributed by atoms with E-state index in [-0.39, 0.29) is 0 Å². The first kappa shape index (κ1) is 13.8. The molecule has 1 heterocycles. The van der Waals surface area contributed by atoms with Gasteiger partial charge in [0, 0.05) is 18.4 Å². The Balaban J connectivity index is 1.57. The quantitative estimate of drug-likeness (QED) is 0.751. The molecule has 2 aromatic rings. The van der Waals surface area contributed by atoms with Crippen LogP contribution in [0.2, 0.25) is 0 Å². The van der Waals surface area contributed by atoms with Crippen LogP contribution in [0, 0.1) is 0 Å². The first-order valence-corrected chi connectivity index (χ1v) is 9.34. The smallest absolute Gasteiger partial charge is 0.0236 e. The van der Waals surface area contributed by atoms with E-state index in [2.05, 4.69) is 47.4 Å². The van der Waals surface area contributed by atoms with E-state index in [1.54, 1.807) is 27.8 Å². The first-order chi connectivity index (χ1) is 11.4. The zero-order valence-electron chi connectivity index (χ0n) is 13.8. The summed E-state index contributed by atoms with van der Waals surface area (Å²) in [6.07, 6.45) is 6.85. The number of hydrogen-bond acceptors (Lipinski definition) is 1. The van der Waals surface area contributed by atoms with Crippen molar-refractivity contribution in [2.75, 3.05) is 13.1 Å². The Kier molecular flexibility index (Phi) is 3.29. The molecule has 0 aromatic heterocycles. The molecule has 2 bridgehead atoms. The van der Waals surface area contributed by atoms with Crippen LogP contribution in [0.5, 0.6) is 0 Å². The lowest BCUT2D eigenvalue weighted by molar-refractivity contribution is 0.219. The molecule has 0 amide bonds. The van der Waals surface area contributed by atoms with Crippen molar-refractivity contribution in [2.24, 2.45) is 0 Å². The Labute approximate surface area is 139 Å². The van der Waals surface area contributed by atoms with Crippen molar-refractivity contribution in [1.82, 2.24) is 4.90 Å². The predicted octanol–water partition coefficient (Wildman–Crippen LogP) is 5.04. The molecule has 4 aliphatic rings. The van der Waals surface area contributed by atoms with E-state index in [0.717, 1.165) is 6.54 Å². The van der Waals surface area contributed by atoms with Gasteiger partial charge in [-0.2, -0.15) is 0 Å². The van der Waals surface area contributed by atoms with E-state index < -0.39 is 0 Å².